The van der Waals surface area contributed by atoms with E-state index in [1.165, 1.54) is 4.88 Å². The molecule has 0 aliphatic rings. The number of hydrogen-bond donors (Lipinski definition) is 3. The molecule has 5 N–H and O–H groups in total. The summed E-state index contributed by atoms with van der Waals surface area (Å²) in [5.41, 5.74) is 13.9. The van der Waals surface area contributed by atoms with Crippen molar-refractivity contribution >= 4 is 28.6 Å². The number of nitrogens with zero attached hydrogens (tertiary/aromatic N) is 1. The van der Waals surface area contributed by atoms with Crippen LogP contribution in [0.5, 0.6) is 0 Å². The van der Waals surface area contributed by atoms with E-state index < -0.39 is 5.91 Å². The molecular formula is C14H18N4OS. The summed E-state index contributed by atoms with van der Waals surface area (Å²) in [7, 11) is 0. The van der Waals surface area contributed by atoms with E-state index in [1.807, 2.05) is 13.8 Å². The van der Waals surface area contributed by atoms with Crippen molar-refractivity contribution in [2.75, 3.05) is 11.1 Å². The van der Waals surface area contributed by atoms with E-state index in [0.29, 0.717) is 11.3 Å². The van der Waals surface area contributed by atoms with Crippen LogP contribution in [0.25, 0.3) is 0 Å². The number of anilines is 2. The lowest BCUT2D eigenvalue weighted by molar-refractivity contribution is 0.100. The molecule has 2 aromatic rings. The maximum atomic E-state index is 11.1. The summed E-state index contributed by atoms with van der Waals surface area (Å²) in [6.07, 6.45) is 0. The number of carbonyl (C=O) groups is 1. The first-order valence-corrected chi connectivity index (χ1v) is 7.10. The van der Waals surface area contributed by atoms with Crippen LogP contribution in [0.1, 0.15) is 38.9 Å². The van der Waals surface area contributed by atoms with Gasteiger partial charge in [-0.1, -0.05) is 0 Å². The fourth-order valence-electron chi connectivity index (χ4n) is 2.10. The van der Waals surface area contributed by atoms with E-state index in [9.17, 15) is 4.79 Å². The van der Waals surface area contributed by atoms with Gasteiger partial charge in [-0.2, -0.15) is 0 Å². The van der Waals surface area contributed by atoms with Gasteiger partial charge in [0.15, 0.2) is 0 Å². The molecule has 0 bridgehead atoms. The Hall–Kier alpha value is -2.08. The predicted octanol–water partition coefficient (Wildman–Crippen LogP) is 2.61. The standard InChI is InChI=1S/C14H18N4OS/c1-7-13(20-9(3)17-7)8(2)18-12-5-4-10(14(16)19)6-11(12)15/h4-6,8,18H,15H2,1-3H3,(H2,16,19). The topological polar surface area (TPSA) is 94.0 Å². The van der Waals surface area contributed by atoms with Gasteiger partial charge in [-0.15, -0.1) is 11.3 Å². The van der Waals surface area contributed by atoms with Gasteiger partial charge >= 0.3 is 0 Å². The molecule has 0 aliphatic heterocycles. The van der Waals surface area contributed by atoms with Crippen LogP contribution in [0, 0.1) is 13.8 Å². The fraction of sp³-hybridized carbons (Fsp3) is 0.286. The summed E-state index contributed by atoms with van der Waals surface area (Å²) in [6, 6.07) is 5.12. The van der Waals surface area contributed by atoms with Gasteiger partial charge in [-0.25, -0.2) is 4.98 Å². The lowest BCUT2D eigenvalue weighted by Crippen LogP contribution is -2.13. The maximum Gasteiger partial charge on any atom is 0.248 e. The average molecular weight is 290 g/mol. The Kier molecular flexibility index (Phi) is 3.94. The molecule has 1 amide bonds. The Labute approximate surface area is 122 Å². The normalized spacial score (nSPS) is 12.2. The molecule has 1 unspecified atom stereocenters. The van der Waals surface area contributed by atoms with Gasteiger partial charge in [0.05, 0.1) is 28.1 Å². The molecule has 1 aromatic heterocycles. The van der Waals surface area contributed by atoms with Gasteiger partial charge in [0, 0.05) is 10.4 Å². The number of thiazole rings is 1. The van der Waals surface area contributed by atoms with Crippen molar-refractivity contribution in [2.24, 2.45) is 5.73 Å². The summed E-state index contributed by atoms with van der Waals surface area (Å²) in [4.78, 5) is 16.7. The second-order valence-electron chi connectivity index (χ2n) is 4.71. The molecule has 0 aliphatic carbocycles. The van der Waals surface area contributed by atoms with Crippen LogP contribution in [0.2, 0.25) is 0 Å². The molecule has 1 aromatic carbocycles. The number of aryl methyl sites for hydroxylation is 2. The smallest absolute Gasteiger partial charge is 0.248 e. The number of nitrogens with one attached hydrogen (secondary N) is 1. The van der Waals surface area contributed by atoms with Crippen LogP contribution in [-0.4, -0.2) is 10.9 Å². The minimum Gasteiger partial charge on any atom is -0.397 e. The van der Waals surface area contributed by atoms with Gasteiger partial charge in [0.1, 0.15) is 0 Å². The molecule has 0 saturated heterocycles. The highest BCUT2D eigenvalue weighted by atomic mass is 32.1. The van der Waals surface area contributed by atoms with Crippen molar-refractivity contribution in [1.29, 1.82) is 0 Å². The Morgan fingerprint density at radius 1 is 1.40 bits per heavy atom. The highest BCUT2D eigenvalue weighted by Crippen LogP contribution is 2.29. The van der Waals surface area contributed by atoms with Gasteiger partial charge in [0.25, 0.3) is 0 Å². The van der Waals surface area contributed by atoms with Crippen molar-refractivity contribution < 1.29 is 4.79 Å². The quantitative estimate of drug-likeness (QED) is 0.754. The molecule has 2 rings (SSSR count). The molecule has 1 atom stereocenters. The molecule has 0 spiro atoms. The zero-order valence-electron chi connectivity index (χ0n) is 11.7. The van der Waals surface area contributed by atoms with Crippen LogP contribution >= 0.6 is 11.3 Å². The third kappa shape index (κ3) is 2.91. The molecule has 0 radical (unpaired) electrons. The van der Waals surface area contributed by atoms with Crippen LogP contribution in [0.4, 0.5) is 11.4 Å². The van der Waals surface area contributed by atoms with E-state index >= 15 is 0 Å². The van der Waals surface area contributed by atoms with E-state index in [-0.39, 0.29) is 6.04 Å². The molecule has 20 heavy (non-hydrogen) atoms. The molecule has 0 fully saturated rings. The number of benzene rings is 1. The van der Waals surface area contributed by atoms with Crippen LogP contribution in [0.3, 0.4) is 0 Å². The fourth-order valence-corrected chi connectivity index (χ4v) is 3.02. The van der Waals surface area contributed by atoms with E-state index in [4.69, 9.17) is 11.5 Å². The lowest BCUT2D eigenvalue weighted by Gasteiger charge is -2.16. The lowest BCUT2D eigenvalue weighted by atomic mass is 10.1. The first-order valence-electron chi connectivity index (χ1n) is 6.28. The zero-order valence-corrected chi connectivity index (χ0v) is 12.5. The van der Waals surface area contributed by atoms with Crippen molar-refractivity contribution in [3.05, 3.63) is 39.3 Å². The van der Waals surface area contributed by atoms with Crippen molar-refractivity contribution in [1.82, 2.24) is 4.98 Å². The number of hydrogen-bond acceptors (Lipinski definition) is 5. The first kappa shape index (κ1) is 14.3. The molecule has 6 heteroatoms. The summed E-state index contributed by atoms with van der Waals surface area (Å²) in [5, 5.41) is 4.38. The molecule has 5 nitrogen and oxygen atoms in total. The van der Waals surface area contributed by atoms with Crippen LogP contribution in [-0.2, 0) is 0 Å². The highest BCUT2D eigenvalue weighted by molar-refractivity contribution is 7.11. The Morgan fingerprint density at radius 2 is 2.10 bits per heavy atom. The Balaban J connectivity index is 2.22. The Morgan fingerprint density at radius 3 is 2.60 bits per heavy atom. The summed E-state index contributed by atoms with van der Waals surface area (Å²) in [6.45, 7) is 6.04. The second kappa shape index (κ2) is 5.50. The van der Waals surface area contributed by atoms with E-state index in [1.54, 1.807) is 29.5 Å². The van der Waals surface area contributed by atoms with Crippen molar-refractivity contribution in [2.45, 2.75) is 26.8 Å². The molecule has 106 valence electrons. The third-order valence-corrected chi connectivity index (χ3v) is 4.30. The van der Waals surface area contributed by atoms with Crippen molar-refractivity contribution in [3.63, 3.8) is 0 Å². The average Bonchev–Trinajstić information content (AvgIpc) is 2.70. The SMILES string of the molecule is Cc1nc(C)c(C(C)Nc2ccc(C(N)=O)cc2N)s1. The second-order valence-corrected chi connectivity index (χ2v) is 5.95. The number of primary amides is 1. The number of aromatic nitrogens is 1. The maximum absolute atomic E-state index is 11.1. The number of nitrogen functional groups attached to an aromatic ring is 1. The van der Waals surface area contributed by atoms with Crippen molar-refractivity contribution in [3.8, 4) is 0 Å². The first-order chi connectivity index (χ1) is 9.38. The van der Waals surface area contributed by atoms with Crippen LogP contribution < -0.4 is 16.8 Å². The molecule has 1 heterocycles. The minimum absolute atomic E-state index is 0.0999. The summed E-state index contributed by atoms with van der Waals surface area (Å²) >= 11 is 1.67. The largest absolute Gasteiger partial charge is 0.397 e. The van der Waals surface area contributed by atoms with Gasteiger partial charge in [-0.3, -0.25) is 4.79 Å². The minimum atomic E-state index is -0.481. The van der Waals surface area contributed by atoms with Gasteiger partial charge < -0.3 is 16.8 Å². The van der Waals surface area contributed by atoms with Gasteiger partial charge in [-0.05, 0) is 39.0 Å². The molecule has 0 saturated carbocycles. The summed E-state index contributed by atoms with van der Waals surface area (Å²) in [5.74, 6) is -0.481. The highest BCUT2D eigenvalue weighted by Gasteiger charge is 2.14. The monoisotopic (exact) mass is 290 g/mol. The number of rotatable bonds is 4. The molecular weight excluding hydrogens is 272 g/mol. The zero-order chi connectivity index (χ0) is 14.9. The van der Waals surface area contributed by atoms with E-state index in [0.717, 1.165) is 16.4 Å². The predicted molar refractivity (Wildman–Crippen MR) is 83.0 cm³/mol. The summed E-state index contributed by atoms with van der Waals surface area (Å²) < 4.78 is 0. The number of amides is 1. The Bertz CT molecular complexity index is 651. The third-order valence-electron chi connectivity index (χ3n) is 3.04. The van der Waals surface area contributed by atoms with E-state index in [2.05, 4.69) is 17.2 Å². The number of carbonyl (C=O) groups excluding carboxylic acids is 1. The van der Waals surface area contributed by atoms with Gasteiger partial charge in [0.2, 0.25) is 5.91 Å². The number of nitrogens with two attached hydrogens (primary N) is 2. The van der Waals surface area contributed by atoms with Crippen LogP contribution in [0.15, 0.2) is 18.2 Å².